The van der Waals surface area contributed by atoms with Crippen molar-refractivity contribution in [1.82, 2.24) is 0 Å². The minimum atomic E-state index is -0.228. The molecule has 0 unspecified atom stereocenters. The molecule has 0 saturated carbocycles. The number of nitrogens with zero attached hydrogens (tertiary/aromatic N) is 1. The number of hydrogen-bond acceptors (Lipinski definition) is 8. The second-order valence-corrected chi connectivity index (χ2v) is 8.28. The van der Waals surface area contributed by atoms with E-state index in [1.165, 1.54) is 12.6 Å². The van der Waals surface area contributed by atoms with Crippen LogP contribution in [0.25, 0.3) is 0 Å². The quantitative estimate of drug-likeness (QED) is 0.157. The molecular weight excluding hydrogens is 436 g/mol. The average Bonchev–Trinajstić information content (AvgIpc) is 2.77. The highest BCUT2D eigenvalue weighted by atomic mass is 16.6. The molecule has 0 spiro atoms. The molecule has 0 aliphatic rings. The number of rotatable bonds is 17. The molecule has 8 heteroatoms. The van der Waals surface area contributed by atoms with Crippen LogP contribution >= 0.6 is 0 Å². The van der Waals surface area contributed by atoms with Gasteiger partial charge in [-0.05, 0) is 59.6 Å². The Labute approximate surface area is 208 Å². The van der Waals surface area contributed by atoms with Crippen LogP contribution in [0.3, 0.4) is 0 Å². The zero-order chi connectivity index (χ0) is 26.7. The maximum Gasteiger partial charge on any atom is 0.306 e. The standard InChI is InChI=1S/C21H39NO6.C3H8.C2H5N/c1-6-9-19(23)27-16-14-25-12-8-13-26-15-17-28-20(24)11-10-18(3)22-21(4,5)7-2;1-3-2;1-2-3/h6-17H2,1-5H3;3H2,1-2H3;2-3H,1H3. The summed E-state index contributed by atoms with van der Waals surface area (Å²) in [4.78, 5) is 27.5. The Morgan fingerprint density at radius 1 is 0.824 bits per heavy atom. The van der Waals surface area contributed by atoms with Crippen molar-refractivity contribution < 1.29 is 28.5 Å². The number of hydrogen-bond donors (Lipinski definition) is 1. The lowest BCUT2D eigenvalue weighted by Gasteiger charge is -2.18. The summed E-state index contributed by atoms with van der Waals surface area (Å²) in [7, 11) is 0. The number of ether oxygens (including phenoxy) is 4. The fraction of sp³-hybridized carbons (Fsp3) is 0.846. The Balaban J connectivity index is -0.00000143. The van der Waals surface area contributed by atoms with Crippen molar-refractivity contribution in [2.45, 2.75) is 106 Å². The minimum Gasteiger partial charge on any atom is -0.463 e. The highest BCUT2D eigenvalue weighted by Crippen LogP contribution is 2.14. The zero-order valence-electron chi connectivity index (χ0n) is 23.2. The van der Waals surface area contributed by atoms with Gasteiger partial charge >= 0.3 is 11.9 Å². The molecule has 0 radical (unpaired) electrons. The molecular formula is C26H52N2O6. The van der Waals surface area contributed by atoms with Crippen LogP contribution in [0, 0.1) is 5.41 Å². The monoisotopic (exact) mass is 488 g/mol. The average molecular weight is 489 g/mol. The first kappa shape index (κ1) is 36.8. The van der Waals surface area contributed by atoms with E-state index in [-0.39, 0.29) is 30.7 Å². The van der Waals surface area contributed by atoms with E-state index in [4.69, 9.17) is 24.4 Å². The highest BCUT2D eigenvalue weighted by Gasteiger charge is 2.13. The van der Waals surface area contributed by atoms with Crippen molar-refractivity contribution in [2.24, 2.45) is 4.99 Å². The molecule has 0 aliphatic heterocycles. The molecule has 0 aliphatic carbocycles. The van der Waals surface area contributed by atoms with E-state index >= 15 is 0 Å². The van der Waals surface area contributed by atoms with Crippen molar-refractivity contribution in [3.8, 4) is 0 Å². The molecule has 34 heavy (non-hydrogen) atoms. The third-order valence-corrected chi connectivity index (χ3v) is 4.06. The van der Waals surface area contributed by atoms with Crippen LogP contribution in [0.5, 0.6) is 0 Å². The Kier molecular flexibility index (Phi) is 29.7. The van der Waals surface area contributed by atoms with E-state index < -0.39 is 0 Å². The molecule has 0 bridgehead atoms. The van der Waals surface area contributed by atoms with E-state index in [9.17, 15) is 9.59 Å². The van der Waals surface area contributed by atoms with Gasteiger partial charge in [0.1, 0.15) is 13.2 Å². The van der Waals surface area contributed by atoms with E-state index in [0.29, 0.717) is 45.7 Å². The number of esters is 2. The lowest BCUT2D eigenvalue weighted by Crippen LogP contribution is -2.18. The SMILES string of the molecule is CC=N.CCC.CCCC(=O)OCCOCCCOCCOC(=O)CCC(C)=NC(C)(C)CC. The second-order valence-electron chi connectivity index (χ2n) is 8.28. The molecule has 0 aromatic carbocycles. The van der Waals surface area contributed by atoms with Gasteiger partial charge in [0.2, 0.25) is 0 Å². The van der Waals surface area contributed by atoms with Crippen molar-refractivity contribution in [3.63, 3.8) is 0 Å². The van der Waals surface area contributed by atoms with Gasteiger partial charge in [0.15, 0.2) is 0 Å². The van der Waals surface area contributed by atoms with Gasteiger partial charge in [0.05, 0.1) is 25.2 Å². The summed E-state index contributed by atoms with van der Waals surface area (Å²) in [5.74, 6) is -0.412. The van der Waals surface area contributed by atoms with Crippen LogP contribution in [0.2, 0.25) is 0 Å². The van der Waals surface area contributed by atoms with Gasteiger partial charge in [0.25, 0.3) is 0 Å². The lowest BCUT2D eigenvalue weighted by molar-refractivity contribution is -0.145. The summed E-state index contributed by atoms with van der Waals surface area (Å²) in [5, 5.41) is 6.08. The number of aliphatic imine (C=N–C) groups is 1. The summed E-state index contributed by atoms with van der Waals surface area (Å²) in [5.41, 5.74) is 0.894. The molecule has 1 N–H and O–H groups in total. The van der Waals surface area contributed by atoms with Gasteiger partial charge < -0.3 is 24.4 Å². The van der Waals surface area contributed by atoms with E-state index in [1.54, 1.807) is 6.92 Å². The Hall–Kier alpha value is -1.80. The van der Waals surface area contributed by atoms with Crippen LogP contribution in [-0.2, 0) is 28.5 Å². The van der Waals surface area contributed by atoms with E-state index in [0.717, 1.165) is 25.0 Å². The third kappa shape index (κ3) is 32.4. The van der Waals surface area contributed by atoms with Gasteiger partial charge in [-0.3, -0.25) is 14.6 Å². The lowest BCUT2D eigenvalue weighted by atomic mass is 10.0. The number of carbonyl (C=O) groups excluding carboxylic acids is 2. The van der Waals surface area contributed by atoms with E-state index in [1.807, 2.05) is 13.8 Å². The molecule has 0 amide bonds. The number of carbonyl (C=O) groups is 2. The summed E-state index contributed by atoms with van der Waals surface area (Å²) in [6, 6.07) is 0. The van der Waals surface area contributed by atoms with Gasteiger partial charge in [-0.1, -0.05) is 34.1 Å². The van der Waals surface area contributed by atoms with Crippen LogP contribution in [0.1, 0.15) is 100 Å². The zero-order valence-corrected chi connectivity index (χ0v) is 23.2. The smallest absolute Gasteiger partial charge is 0.306 e. The Bertz CT molecular complexity index is 521. The maximum atomic E-state index is 11.7. The first-order chi connectivity index (χ1) is 16.1. The fourth-order valence-electron chi connectivity index (χ4n) is 2.18. The Morgan fingerprint density at radius 2 is 1.26 bits per heavy atom. The largest absolute Gasteiger partial charge is 0.463 e. The Morgan fingerprint density at radius 3 is 1.68 bits per heavy atom. The van der Waals surface area contributed by atoms with Crippen LogP contribution in [-0.4, -0.2) is 69.0 Å². The molecule has 0 fully saturated rings. The van der Waals surface area contributed by atoms with Crippen molar-refractivity contribution in [2.75, 3.05) is 39.6 Å². The summed E-state index contributed by atoms with van der Waals surface area (Å²) in [6.07, 6.45) is 6.39. The van der Waals surface area contributed by atoms with Gasteiger partial charge in [-0.25, -0.2) is 0 Å². The molecule has 0 aromatic heterocycles. The van der Waals surface area contributed by atoms with Crippen molar-refractivity contribution >= 4 is 23.9 Å². The maximum absolute atomic E-state index is 11.7. The van der Waals surface area contributed by atoms with Crippen LogP contribution in [0.4, 0.5) is 0 Å². The summed E-state index contributed by atoms with van der Waals surface area (Å²) >= 11 is 0. The van der Waals surface area contributed by atoms with Crippen LogP contribution in [0.15, 0.2) is 4.99 Å². The third-order valence-electron chi connectivity index (χ3n) is 4.06. The van der Waals surface area contributed by atoms with Gasteiger partial charge in [-0.15, -0.1) is 0 Å². The molecule has 0 heterocycles. The van der Waals surface area contributed by atoms with Gasteiger partial charge in [-0.2, -0.15) is 0 Å². The first-order valence-electron chi connectivity index (χ1n) is 12.6. The molecule has 8 nitrogen and oxygen atoms in total. The second kappa shape index (κ2) is 27.4. The molecule has 0 rings (SSSR count). The minimum absolute atomic E-state index is 0.0783. The molecule has 0 atom stereocenters. The van der Waals surface area contributed by atoms with Gasteiger partial charge in [0, 0.05) is 25.3 Å². The molecule has 202 valence electrons. The predicted octanol–water partition coefficient (Wildman–Crippen LogP) is 5.80. The molecule has 0 saturated heterocycles. The van der Waals surface area contributed by atoms with Crippen molar-refractivity contribution in [1.29, 1.82) is 5.41 Å². The topological polar surface area (TPSA) is 107 Å². The van der Waals surface area contributed by atoms with Crippen molar-refractivity contribution in [3.05, 3.63) is 0 Å². The normalized spacial score (nSPS) is 10.9. The van der Waals surface area contributed by atoms with Crippen LogP contribution < -0.4 is 0 Å². The summed E-state index contributed by atoms with van der Waals surface area (Å²) in [6.45, 7) is 18.4. The number of nitrogens with one attached hydrogen (secondary N) is 1. The fourth-order valence-corrected chi connectivity index (χ4v) is 2.18. The predicted molar refractivity (Wildman–Crippen MR) is 140 cm³/mol. The van der Waals surface area contributed by atoms with E-state index in [2.05, 4.69) is 39.6 Å². The summed E-state index contributed by atoms with van der Waals surface area (Å²) < 4.78 is 20.9. The molecule has 0 aromatic rings. The first-order valence-corrected chi connectivity index (χ1v) is 12.6. The highest BCUT2D eigenvalue weighted by molar-refractivity contribution is 5.85.